The summed E-state index contributed by atoms with van der Waals surface area (Å²) in [6.07, 6.45) is 0. The lowest BCUT2D eigenvalue weighted by Crippen LogP contribution is -2.12. The van der Waals surface area contributed by atoms with Crippen molar-refractivity contribution in [1.82, 2.24) is 4.57 Å². The van der Waals surface area contributed by atoms with Crippen LogP contribution >= 0.6 is 0 Å². The van der Waals surface area contributed by atoms with Crippen molar-refractivity contribution in [2.24, 2.45) is 0 Å². The van der Waals surface area contributed by atoms with Crippen molar-refractivity contribution in [3.05, 3.63) is 231 Å². The highest BCUT2D eigenvalue weighted by Gasteiger charge is 2.25. The summed E-state index contributed by atoms with van der Waals surface area (Å²) in [6, 6.07) is 83.1. The lowest BCUT2D eigenvalue weighted by molar-refractivity contribution is 1.18. The van der Waals surface area contributed by atoms with E-state index >= 15 is 0 Å². The molecule has 2 heteroatoms. The van der Waals surface area contributed by atoms with Crippen LogP contribution in [0.2, 0.25) is 0 Å². The minimum Gasteiger partial charge on any atom is -0.309 e. The minimum absolute atomic E-state index is 1.09. The van der Waals surface area contributed by atoms with E-state index in [1.165, 1.54) is 55.3 Å². The van der Waals surface area contributed by atoms with Crippen LogP contribution in [0.3, 0.4) is 0 Å². The normalized spacial score (nSPS) is 11.2. The maximum atomic E-state index is 2.47. The predicted octanol–water partition coefficient (Wildman–Crippen LogP) is 14.9. The molecule has 0 amide bonds. The van der Waals surface area contributed by atoms with Gasteiger partial charge in [0.15, 0.2) is 0 Å². The molecule has 0 unspecified atom stereocenters. The van der Waals surface area contributed by atoms with E-state index in [1.807, 2.05) is 0 Å². The standard InChI is InChI=1S/C54H38N2/c1-6-20-39(21-7-1)43-36-37-49(47(38-43)41-24-10-3-11-25-41)56-48-32-17-16-30-46(48)54-51(34-19-35-52(54)56)55(44-28-14-5-15-29-44)50-33-18-31-45(40-22-8-2-9-23-40)53(50)42-26-12-4-13-27-42/h1-38H. The number of anilines is 3. The number of rotatable bonds is 8. The fraction of sp³-hybridized carbons (Fsp3) is 0. The van der Waals surface area contributed by atoms with E-state index in [0.29, 0.717) is 0 Å². The average molecular weight is 715 g/mol. The van der Waals surface area contributed by atoms with Gasteiger partial charge in [-0.1, -0.05) is 182 Å². The van der Waals surface area contributed by atoms with Crippen molar-refractivity contribution >= 4 is 38.9 Å². The summed E-state index contributed by atoms with van der Waals surface area (Å²) in [5.41, 5.74) is 16.3. The molecule has 0 aliphatic rings. The summed E-state index contributed by atoms with van der Waals surface area (Å²) < 4.78 is 2.47. The Morgan fingerprint density at radius 1 is 0.321 bits per heavy atom. The third-order valence-electron chi connectivity index (χ3n) is 10.8. The number of aromatic nitrogens is 1. The number of benzene rings is 9. The van der Waals surface area contributed by atoms with Gasteiger partial charge in [0, 0.05) is 27.6 Å². The van der Waals surface area contributed by atoms with Crippen molar-refractivity contribution < 1.29 is 0 Å². The van der Waals surface area contributed by atoms with Crippen LogP contribution in [-0.2, 0) is 0 Å². The van der Waals surface area contributed by atoms with Crippen molar-refractivity contribution in [2.75, 3.05) is 4.90 Å². The third kappa shape index (κ3) is 5.85. The third-order valence-corrected chi connectivity index (χ3v) is 10.8. The first kappa shape index (κ1) is 33.2. The quantitative estimate of drug-likeness (QED) is 0.152. The summed E-state index contributed by atoms with van der Waals surface area (Å²) >= 11 is 0. The maximum absolute atomic E-state index is 2.47. The van der Waals surface area contributed by atoms with Gasteiger partial charge in [0.05, 0.1) is 28.1 Å². The summed E-state index contributed by atoms with van der Waals surface area (Å²) in [4.78, 5) is 2.46. The molecule has 56 heavy (non-hydrogen) atoms. The van der Waals surface area contributed by atoms with Crippen LogP contribution in [0.1, 0.15) is 0 Å². The lowest BCUT2D eigenvalue weighted by Gasteiger charge is -2.30. The molecule has 0 saturated heterocycles. The van der Waals surface area contributed by atoms with Crippen LogP contribution in [-0.4, -0.2) is 4.57 Å². The molecule has 0 saturated carbocycles. The first-order valence-corrected chi connectivity index (χ1v) is 19.2. The number of para-hydroxylation sites is 2. The zero-order chi connectivity index (χ0) is 37.3. The number of nitrogens with zero attached hydrogens (tertiary/aromatic N) is 2. The molecule has 1 heterocycles. The van der Waals surface area contributed by atoms with Gasteiger partial charge in [-0.2, -0.15) is 0 Å². The Labute approximate surface area is 327 Å². The monoisotopic (exact) mass is 714 g/mol. The predicted molar refractivity (Wildman–Crippen MR) is 237 cm³/mol. The second-order valence-corrected chi connectivity index (χ2v) is 14.1. The van der Waals surface area contributed by atoms with Crippen molar-refractivity contribution in [1.29, 1.82) is 0 Å². The van der Waals surface area contributed by atoms with Crippen LogP contribution in [0.4, 0.5) is 17.1 Å². The van der Waals surface area contributed by atoms with Gasteiger partial charge >= 0.3 is 0 Å². The lowest BCUT2D eigenvalue weighted by atomic mass is 9.92. The van der Waals surface area contributed by atoms with Crippen molar-refractivity contribution in [3.63, 3.8) is 0 Å². The Kier molecular flexibility index (Phi) is 8.55. The largest absolute Gasteiger partial charge is 0.309 e. The highest BCUT2D eigenvalue weighted by atomic mass is 15.2. The van der Waals surface area contributed by atoms with Gasteiger partial charge in [0.1, 0.15) is 0 Å². The molecule has 0 bridgehead atoms. The van der Waals surface area contributed by atoms with Gasteiger partial charge in [0.2, 0.25) is 0 Å². The zero-order valence-electron chi connectivity index (χ0n) is 30.8. The summed E-state index contributed by atoms with van der Waals surface area (Å²) in [7, 11) is 0. The summed E-state index contributed by atoms with van der Waals surface area (Å²) in [6.45, 7) is 0. The zero-order valence-corrected chi connectivity index (χ0v) is 30.8. The molecule has 0 aliphatic heterocycles. The Morgan fingerprint density at radius 3 is 1.52 bits per heavy atom. The van der Waals surface area contributed by atoms with Crippen LogP contribution in [0.5, 0.6) is 0 Å². The molecule has 0 aliphatic carbocycles. The first-order chi connectivity index (χ1) is 27.8. The van der Waals surface area contributed by atoms with E-state index in [2.05, 4.69) is 240 Å². The molecule has 2 nitrogen and oxygen atoms in total. The van der Waals surface area contributed by atoms with E-state index in [-0.39, 0.29) is 0 Å². The second-order valence-electron chi connectivity index (χ2n) is 14.1. The van der Waals surface area contributed by atoms with Gasteiger partial charge < -0.3 is 9.47 Å². The van der Waals surface area contributed by atoms with Crippen LogP contribution in [0.25, 0.3) is 72.0 Å². The summed E-state index contributed by atoms with van der Waals surface area (Å²) in [5, 5.41) is 2.40. The van der Waals surface area contributed by atoms with Crippen molar-refractivity contribution in [3.8, 4) is 50.2 Å². The van der Waals surface area contributed by atoms with E-state index in [9.17, 15) is 0 Å². The maximum Gasteiger partial charge on any atom is 0.0562 e. The molecule has 264 valence electrons. The fourth-order valence-corrected chi connectivity index (χ4v) is 8.31. The van der Waals surface area contributed by atoms with Gasteiger partial charge in [0.25, 0.3) is 0 Å². The number of hydrogen-bond acceptors (Lipinski definition) is 1. The Bertz CT molecular complexity index is 2930. The van der Waals surface area contributed by atoms with E-state index in [1.54, 1.807) is 0 Å². The Balaban J connectivity index is 1.28. The first-order valence-electron chi connectivity index (χ1n) is 19.2. The van der Waals surface area contributed by atoms with E-state index in [0.717, 1.165) is 33.8 Å². The van der Waals surface area contributed by atoms with Crippen LogP contribution in [0, 0.1) is 0 Å². The molecule has 0 spiro atoms. The fourth-order valence-electron chi connectivity index (χ4n) is 8.31. The smallest absolute Gasteiger partial charge is 0.0562 e. The molecule has 0 fully saturated rings. The second kappa shape index (κ2) is 14.4. The SMILES string of the molecule is c1ccc(-c2ccc(-n3c4ccccc4c4c(N(c5ccccc5)c5cccc(-c6ccccc6)c5-c5ccccc5)cccc43)c(-c3ccccc3)c2)cc1. The molecule has 0 N–H and O–H groups in total. The Morgan fingerprint density at radius 2 is 0.839 bits per heavy atom. The van der Waals surface area contributed by atoms with Crippen LogP contribution in [0.15, 0.2) is 231 Å². The highest BCUT2D eigenvalue weighted by molar-refractivity contribution is 6.17. The number of hydrogen-bond donors (Lipinski definition) is 0. The molecule has 10 rings (SSSR count). The molecule has 10 aromatic rings. The molecular weight excluding hydrogens is 677 g/mol. The van der Waals surface area contributed by atoms with Crippen molar-refractivity contribution in [2.45, 2.75) is 0 Å². The minimum atomic E-state index is 1.09. The number of fused-ring (bicyclic) bond motifs is 3. The van der Waals surface area contributed by atoms with E-state index in [4.69, 9.17) is 0 Å². The Hall–Kier alpha value is -7.42. The van der Waals surface area contributed by atoms with Gasteiger partial charge in [-0.15, -0.1) is 0 Å². The average Bonchev–Trinajstić information content (AvgIpc) is 3.62. The molecule has 0 atom stereocenters. The van der Waals surface area contributed by atoms with Gasteiger partial charge in [-0.25, -0.2) is 0 Å². The van der Waals surface area contributed by atoms with Crippen LogP contribution < -0.4 is 4.90 Å². The molecule has 0 radical (unpaired) electrons. The molecular formula is C54H38N2. The molecule has 9 aromatic carbocycles. The van der Waals surface area contributed by atoms with E-state index < -0.39 is 0 Å². The topological polar surface area (TPSA) is 8.17 Å². The highest BCUT2D eigenvalue weighted by Crippen LogP contribution is 2.49. The molecule has 1 aromatic heterocycles. The van der Waals surface area contributed by atoms with Gasteiger partial charge in [-0.05, 0) is 81.9 Å². The summed E-state index contributed by atoms with van der Waals surface area (Å²) in [5.74, 6) is 0. The van der Waals surface area contributed by atoms with Gasteiger partial charge in [-0.3, -0.25) is 0 Å².